The highest BCUT2D eigenvalue weighted by Crippen LogP contribution is 2.10. The van der Waals surface area contributed by atoms with Gasteiger partial charge in [0, 0.05) is 6.42 Å². The minimum absolute atomic E-state index is 0.0298. The van der Waals surface area contributed by atoms with Crippen molar-refractivity contribution < 1.29 is 9.53 Å². The van der Waals surface area contributed by atoms with E-state index in [1.807, 2.05) is 6.92 Å². The third-order valence-electron chi connectivity index (χ3n) is 3.13. The monoisotopic (exact) mass is 257 g/mol. The second-order valence-corrected chi connectivity index (χ2v) is 5.10. The predicted octanol–water partition coefficient (Wildman–Crippen LogP) is 3.80. The molecule has 3 nitrogen and oxygen atoms in total. The summed E-state index contributed by atoms with van der Waals surface area (Å²) in [5, 5.41) is 0. The standard InChI is InChI=1S/C15H31NO2/c1-3-4-8-11-14(2)18-15(17)12-9-6-5-7-10-13-16/h14H,3-13,16H2,1-2H3. The van der Waals surface area contributed by atoms with Crippen molar-refractivity contribution >= 4 is 5.97 Å². The summed E-state index contributed by atoms with van der Waals surface area (Å²) >= 11 is 0. The van der Waals surface area contributed by atoms with Crippen LogP contribution in [0.5, 0.6) is 0 Å². The van der Waals surface area contributed by atoms with Crippen LogP contribution in [0.15, 0.2) is 0 Å². The lowest BCUT2D eigenvalue weighted by molar-refractivity contribution is -0.148. The number of hydrogen-bond acceptors (Lipinski definition) is 3. The summed E-state index contributed by atoms with van der Waals surface area (Å²) < 4.78 is 5.37. The van der Waals surface area contributed by atoms with E-state index in [4.69, 9.17) is 10.5 Å². The van der Waals surface area contributed by atoms with Gasteiger partial charge >= 0.3 is 5.97 Å². The number of esters is 1. The highest BCUT2D eigenvalue weighted by atomic mass is 16.5. The van der Waals surface area contributed by atoms with E-state index in [9.17, 15) is 4.79 Å². The van der Waals surface area contributed by atoms with Crippen LogP contribution in [0.25, 0.3) is 0 Å². The number of carbonyl (C=O) groups is 1. The Morgan fingerprint density at radius 2 is 1.72 bits per heavy atom. The molecule has 0 aromatic carbocycles. The summed E-state index contributed by atoms with van der Waals surface area (Å²) in [7, 11) is 0. The number of nitrogens with two attached hydrogens (primary N) is 1. The molecule has 0 aliphatic heterocycles. The van der Waals surface area contributed by atoms with Gasteiger partial charge < -0.3 is 10.5 Å². The predicted molar refractivity (Wildman–Crippen MR) is 76.5 cm³/mol. The average Bonchev–Trinajstić information content (AvgIpc) is 2.34. The van der Waals surface area contributed by atoms with Crippen LogP contribution < -0.4 is 5.73 Å². The fourth-order valence-electron chi connectivity index (χ4n) is 1.97. The van der Waals surface area contributed by atoms with Crippen molar-refractivity contribution in [3.8, 4) is 0 Å². The van der Waals surface area contributed by atoms with Crippen LogP contribution in [0.3, 0.4) is 0 Å². The SMILES string of the molecule is CCCCCC(C)OC(=O)CCCCCCCN. The van der Waals surface area contributed by atoms with Crippen LogP contribution in [0, 0.1) is 0 Å². The number of ether oxygens (including phenoxy) is 1. The fourth-order valence-corrected chi connectivity index (χ4v) is 1.97. The van der Waals surface area contributed by atoms with E-state index in [0.29, 0.717) is 6.42 Å². The van der Waals surface area contributed by atoms with Gasteiger partial charge in [0.15, 0.2) is 0 Å². The first-order chi connectivity index (χ1) is 8.70. The minimum Gasteiger partial charge on any atom is -0.463 e. The molecule has 1 atom stereocenters. The highest BCUT2D eigenvalue weighted by Gasteiger charge is 2.08. The number of carbonyl (C=O) groups excluding carboxylic acids is 1. The molecular weight excluding hydrogens is 226 g/mol. The third-order valence-corrected chi connectivity index (χ3v) is 3.13. The lowest BCUT2D eigenvalue weighted by Gasteiger charge is -2.12. The molecule has 0 aromatic heterocycles. The first-order valence-corrected chi connectivity index (χ1v) is 7.60. The first kappa shape index (κ1) is 17.4. The van der Waals surface area contributed by atoms with E-state index in [2.05, 4.69) is 6.92 Å². The molecule has 18 heavy (non-hydrogen) atoms. The Balaban J connectivity index is 3.35. The Morgan fingerprint density at radius 1 is 1.06 bits per heavy atom. The zero-order chi connectivity index (χ0) is 13.6. The minimum atomic E-state index is -0.0298. The molecule has 0 heterocycles. The summed E-state index contributed by atoms with van der Waals surface area (Å²) in [5.74, 6) is -0.0298. The lowest BCUT2D eigenvalue weighted by atomic mass is 10.1. The van der Waals surface area contributed by atoms with Crippen LogP contribution in [0.4, 0.5) is 0 Å². The van der Waals surface area contributed by atoms with Crippen LogP contribution >= 0.6 is 0 Å². The molecule has 0 spiro atoms. The zero-order valence-electron chi connectivity index (χ0n) is 12.2. The van der Waals surface area contributed by atoms with Crippen molar-refractivity contribution in [2.75, 3.05) is 6.54 Å². The molecule has 0 bridgehead atoms. The molecule has 0 aromatic rings. The molecule has 0 aliphatic rings. The lowest BCUT2D eigenvalue weighted by Crippen LogP contribution is -2.14. The maximum Gasteiger partial charge on any atom is 0.306 e. The van der Waals surface area contributed by atoms with Crippen molar-refractivity contribution in [1.82, 2.24) is 0 Å². The van der Waals surface area contributed by atoms with Crippen LogP contribution in [-0.4, -0.2) is 18.6 Å². The van der Waals surface area contributed by atoms with E-state index < -0.39 is 0 Å². The van der Waals surface area contributed by atoms with Gasteiger partial charge in [-0.25, -0.2) is 0 Å². The number of unbranched alkanes of at least 4 members (excludes halogenated alkanes) is 6. The molecule has 0 saturated heterocycles. The maximum atomic E-state index is 11.5. The van der Waals surface area contributed by atoms with Crippen LogP contribution in [0.2, 0.25) is 0 Å². The summed E-state index contributed by atoms with van der Waals surface area (Å²) in [5.41, 5.74) is 5.42. The maximum absolute atomic E-state index is 11.5. The van der Waals surface area contributed by atoms with Gasteiger partial charge in [-0.05, 0) is 39.2 Å². The van der Waals surface area contributed by atoms with Crippen molar-refractivity contribution in [2.24, 2.45) is 5.73 Å². The van der Waals surface area contributed by atoms with E-state index in [1.54, 1.807) is 0 Å². The molecule has 0 radical (unpaired) electrons. The summed E-state index contributed by atoms with van der Waals surface area (Å²) in [6.07, 6.45) is 10.8. The molecule has 0 fully saturated rings. The molecule has 3 heteroatoms. The second-order valence-electron chi connectivity index (χ2n) is 5.10. The Bertz CT molecular complexity index is 195. The summed E-state index contributed by atoms with van der Waals surface area (Å²) in [6.45, 7) is 4.95. The molecule has 0 amide bonds. The summed E-state index contributed by atoms with van der Waals surface area (Å²) in [4.78, 5) is 11.5. The molecule has 108 valence electrons. The van der Waals surface area contributed by atoms with Crippen molar-refractivity contribution in [3.63, 3.8) is 0 Å². The normalized spacial score (nSPS) is 12.4. The number of rotatable bonds is 12. The Labute approximate surface area is 112 Å². The Kier molecular flexibility index (Phi) is 12.5. The first-order valence-electron chi connectivity index (χ1n) is 7.60. The van der Waals surface area contributed by atoms with Crippen LogP contribution in [-0.2, 0) is 9.53 Å². The molecule has 1 unspecified atom stereocenters. The van der Waals surface area contributed by atoms with Gasteiger partial charge in [-0.3, -0.25) is 4.79 Å². The highest BCUT2D eigenvalue weighted by molar-refractivity contribution is 5.69. The van der Waals surface area contributed by atoms with Gasteiger partial charge in [0.1, 0.15) is 0 Å². The van der Waals surface area contributed by atoms with Gasteiger partial charge in [0.25, 0.3) is 0 Å². The van der Waals surface area contributed by atoms with Crippen molar-refractivity contribution in [1.29, 1.82) is 0 Å². The quantitative estimate of drug-likeness (QED) is 0.427. The van der Waals surface area contributed by atoms with E-state index in [1.165, 1.54) is 25.7 Å². The van der Waals surface area contributed by atoms with Crippen molar-refractivity contribution in [3.05, 3.63) is 0 Å². The smallest absolute Gasteiger partial charge is 0.306 e. The largest absolute Gasteiger partial charge is 0.463 e. The van der Waals surface area contributed by atoms with Gasteiger partial charge in [-0.15, -0.1) is 0 Å². The third kappa shape index (κ3) is 11.9. The van der Waals surface area contributed by atoms with Gasteiger partial charge in [-0.1, -0.05) is 39.0 Å². The van der Waals surface area contributed by atoms with E-state index in [0.717, 1.165) is 38.6 Å². The zero-order valence-corrected chi connectivity index (χ0v) is 12.2. The van der Waals surface area contributed by atoms with Gasteiger partial charge in [0.2, 0.25) is 0 Å². The molecular formula is C15H31NO2. The topological polar surface area (TPSA) is 52.3 Å². The Morgan fingerprint density at radius 3 is 2.39 bits per heavy atom. The van der Waals surface area contributed by atoms with Crippen molar-refractivity contribution in [2.45, 2.75) is 84.2 Å². The van der Waals surface area contributed by atoms with Gasteiger partial charge in [-0.2, -0.15) is 0 Å². The molecule has 2 N–H and O–H groups in total. The van der Waals surface area contributed by atoms with Gasteiger partial charge in [0.05, 0.1) is 6.10 Å². The number of hydrogen-bond donors (Lipinski definition) is 1. The van der Waals surface area contributed by atoms with E-state index >= 15 is 0 Å². The average molecular weight is 257 g/mol. The Hall–Kier alpha value is -0.570. The molecule has 0 rings (SSSR count). The summed E-state index contributed by atoms with van der Waals surface area (Å²) in [6, 6.07) is 0. The van der Waals surface area contributed by atoms with Crippen LogP contribution in [0.1, 0.15) is 78.1 Å². The molecule has 0 aliphatic carbocycles. The molecule has 0 saturated carbocycles. The second kappa shape index (κ2) is 12.9. The fraction of sp³-hybridized carbons (Fsp3) is 0.933. The van der Waals surface area contributed by atoms with E-state index in [-0.39, 0.29) is 12.1 Å².